The van der Waals surface area contributed by atoms with Crippen LogP contribution in [-0.2, 0) is 25.7 Å². The molecule has 0 bridgehead atoms. The normalized spacial score (nSPS) is 20.9. The second kappa shape index (κ2) is 7.99. The maximum Gasteiger partial charge on any atom is 0.326 e. The lowest BCUT2D eigenvalue weighted by Crippen LogP contribution is -2.67. The van der Waals surface area contributed by atoms with E-state index in [0.717, 1.165) is 49.0 Å². The highest BCUT2D eigenvalue weighted by Gasteiger charge is 2.50. The van der Waals surface area contributed by atoms with Gasteiger partial charge in [-0.3, -0.25) is 24.2 Å². The van der Waals surface area contributed by atoms with Gasteiger partial charge in [0.1, 0.15) is 18.7 Å². The zero-order valence-corrected chi connectivity index (χ0v) is 15.3. The SMILES string of the molecule is CN1CC(=O)N(CC(=O)OCc2ccccc2)C(=O)C12CCCCCC2. The van der Waals surface area contributed by atoms with Crippen molar-refractivity contribution in [3.8, 4) is 0 Å². The lowest BCUT2D eigenvalue weighted by Gasteiger charge is -2.46. The molecule has 1 aromatic rings. The molecule has 6 nitrogen and oxygen atoms in total. The summed E-state index contributed by atoms with van der Waals surface area (Å²) in [5.41, 5.74) is 0.224. The van der Waals surface area contributed by atoms with Crippen LogP contribution in [0, 0.1) is 0 Å². The summed E-state index contributed by atoms with van der Waals surface area (Å²) >= 11 is 0. The number of benzene rings is 1. The number of rotatable bonds is 4. The smallest absolute Gasteiger partial charge is 0.326 e. The average molecular weight is 358 g/mol. The number of esters is 1. The number of likely N-dealkylation sites (N-methyl/N-ethyl adjacent to an activating group) is 1. The minimum Gasteiger partial charge on any atom is -0.459 e. The zero-order valence-electron chi connectivity index (χ0n) is 15.3. The highest BCUT2D eigenvalue weighted by molar-refractivity contribution is 6.05. The Morgan fingerprint density at radius 3 is 2.38 bits per heavy atom. The molecule has 1 heterocycles. The van der Waals surface area contributed by atoms with Crippen LogP contribution in [0.2, 0.25) is 0 Å². The van der Waals surface area contributed by atoms with Crippen molar-refractivity contribution < 1.29 is 19.1 Å². The van der Waals surface area contributed by atoms with E-state index in [1.54, 1.807) is 0 Å². The van der Waals surface area contributed by atoms with Gasteiger partial charge in [0.25, 0.3) is 0 Å². The monoisotopic (exact) mass is 358 g/mol. The quantitative estimate of drug-likeness (QED) is 0.609. The van der Waals surface area contributed by atoms with Crippen molar-refractivity contribution in [2.24, 2.45) is 0 Å². The zero-order chi connectivity index (χ0) is 18.6. The Kier molecular flexibility index (Phi) is 5.71. The van der Waals surface area contributed by atoms with Crippen LogP contribution in [0.15, 0.2) is 30.3 Å². The summed E-state index contributed by atoms with van der Waals surface area (Å²) in [5, 5.41) is 0. The Morgan fingerprint density at radius 2 is 1.73 bits per heavy atom. The minimum atomic E-state index is -0.649. The van der Waals surface area contributed by atoms with Crippen molar-refractivity contribution in [2.45, 2.75) is 50.7 Å². The molecule has 1 aliphatic carbocycles. The van der Waals surface area contributed by atoms with Crippen LogP contribution in [0.5, 0.6) is 0 Å². The van der Waals surface area contributed by atoms with Crippen LogP contribution >= 0.6 is 0 Å². The van der Waals surface area contributed by atoms with E-state index in [1.165, 1.54) is 0 Å². The van der Waals surface area contributed by atoms with E-state index >= 15 is 0 Å². The molecule has 0 unspecified atom stereocenters. The molecule has 1 aromatic carbocycles. The number of nitrogens with zero attached hydrogens (tertiary/aromatic N) is 2. The molecule has 0 atom stereocenters. The molecule has 1 aliphatic heterocycles. The maximum absolute atomic E-state index is 13.1. The molecule has 26 heavy (non-hydrogen) atoms. The van der Waals surface area contributed by atoms with Crippen molar-refractivity contribution >= 4 is 17.8 Å². The van der Waals surface area contributed by atoms with E-state index in [1.807, 2.05) is 42.3 Å². The Bertz CT molecular complexity index is 666. The van der Waals surface area contributed by atoms with Crippen LogP contribution in [0.1, 0.15) is 44.1 Å². The third kappa shape index (κ3) is 3.80. The molecule has 1 saturated heterocycles. The molecule has 2 aliphatic rings. The van der Waals surface area contributed by atoms with Crippen LogP contribution in [0.3, 0.4) is 0 Å². The molecule has 3 rings (SSSR count). The summed E-state index contributed by atoms with van der Waals surface area (Å²) in [6.07, 6.45) is 5.63. The largest absolute Gasteiger partial charge is 0.459 e. The first-order chi connectivity index (χ1) is 12.5. The molecular formula is C20H26N2O4. The standard InChI is InChI=1S/C20H26N2O4/c1-21-13-17(23)22(19(25)20(21)11-7-2-3-8-12-20)14-18(24)26-15-16-9-5-4-6-10-16/h4-6,9-10H,2-3,7-8,11-15H2,1H3. The summed E-state index contributed by atoms with van der Waals surface area (Å²) in [5.74, 6) is -1.12. The predicted molar refractivity (Wildman–Crippen MR) is 96.0 cm³/mol. The van der Waals surface area contributed by atoms with Gasteiger partial charge in [0.2, 0.25) is 11.8 Å². The van der Waals surface area contributed by atoms with E-state index in [0.29, 0.717) is 0 Å². The third-order valence-corrected chi connectivity index (χ3v) is 5.51. The topological polar surface area (TPSA) is 66.9 Å². The van der Waals surface area contributed by atoms with Gasteiger partial charge in [-0.2, -0.15) is 0 Å². The Balaban J connectivity index is 1.66. The molecule has 0 aromatic heterocycles. The van der Waals surface area contributed by atoms with E-state index in [9.17, 15) is 14.4 Å². The molecule has 6 heteroatoms. The summed E-state index contributed by atoms with van der Waals surface area (Å²) in [7, 11) is 1.84. The van der Waals surface area contributed by atoms with Crippen molar-refractivity contribution in [3.63, 3.8) is 0 Å². The van der Waals surface area contributed by atoms with Gasteiger partial charge in [0.15, 0.2) is 0 Å². The number of carbonyl (C=O) groups excluding carboxylic acids is 3. The summed E-state index contributed by atoms with van der Waals surface area (Å²) in [6.45, 7) is -0.00125. The van der Waals surface area contributed by atoms with E-state index in [2.05, 4.69) is 0 Å². The number of piperazine rings is 1. The molecule has 2 fully saturated rings. The summed E-state index contributed by atoms with van der Waals surface area (Å²) in [4.78, 5) is 40.7. The van der Waals surface area contributed by atoms with Gasteiger partial charge >= 0.3 is 5.97 Å². The Morgan fingerprint density at radius 1 is 1.08 bits per heavy atom. The number of hydrogen-bond acceptors (Lipinski definition) is 5. The fraction of sp³-hybridized carbons (Fsp3) is 0.550. The van der Waals surface area contributed by atoms with Crippen molar-refractivity contribution in [3.05, 3.63) is 35.9 Å². The lowest BCUT2D eigenvalue weighted by molar-refractivity contribution is -0.168. The van der Waals surface area contributed by atoms with Gasteiger partial charge in [0, 0.05) is 0 Å². The molecule has 0 radical (unpaired) electrons. The van der Waals surface area contributed by atoms with Crippen LogP contribution in [0.25, 0.3) is 0 Å². The maximum atomic E-state index is 13.1. The van der Waals surface area contributed by atoms with Gasteiger partial charge in [0.05, 0.1) is 6.54 Å². The van der Waals surface area contributed by atoms with Crippen molar-refractivity contribution in [2.75, 3.05) is 20.1 Å². The summed E-state index contributed by atoms with van der Waals surface area (Å²) < 4.78 is 5.26. The molecule has 2 amide bonds. The summed E-state index contributed by atoms with van der Waals surface area (Å²) in [6, 6.07) is 9.35. The van der Waals surface area contributed by atoms with E-state index in [-0.39, 0.29) is 31.5 Å². The molecular weight excluding hydrogens is 332 g/mol. The lowest BCUT2D eigenvalue weighted by atomic mass is 9.85. The minimum absolute atomic E-state index is 0.140. The second-order valence-corrected chi connectivity index (χ2v) is 7.23. The number of ether oxygens (including phenoxy) is 1. The van der Waals surface area contributed by atoms with Crippen molar-refractivity contribution in [1.82, 2.24) is 9.80 Å². The highest BCUT2D eigenvalue weighted by atomic mass is 16.5. The number of imide groups is 1. The van der Waals surface area contributed by atoms with Crippen molar-refractivity contribution in [1.29, 1.82) is 0 Å². The van der Waals surface area contributed by atoms with Gasteiger partial charge < -0.3 is 4.74 Å². The van der Waals surface area contributed by atoms with E-state index < -0.39 is 11.5 Å². The van der Waals surface area contributed by atoms with Crippen LogP contribution in [-0.4, -0.2) is 53.3 Å². The number of hydrogen-bond donors (Lipinski definition) is 0. The van der Waals surface area contributed by atoms with Gasteiger partial charge in [-0.1, -0.05) is 56.0 Å². The Labute approximate surface area is 154 Å². The highest BCUT2D eigenvalue weighted by Crippen LogP contribution is 2.35. The first-order valence-electron chi connectivity index (χ1n) is 9.28. The van der Waals surface area contributed by atoms with E-state index in [4.69, 9.17) is 4.74 Å². The predicted octanol–water partition coefficient (Wildman–Crippen LogP) is 2.12. The van der Waals surface area contributed by atoms with Gasteiger partial charge in [-0.15, -0.1) is 0 Å². The third-order valence-electron chi connectivity index (χ3n) is 5.51. The molecule has 140 valence electrons. The molecule has 1 spiro atoms. The number of carbonyl (C=O) groups is 3. The number of amides is 2. The average Bonchev–Trinajstić information content (AvgIpc) is 2.90. The van der Waals surface area contributed by atoms with Gasteiger partial charge in [-0.05, 0) is 25.5 Å². The van der Waals surface area contributed by atoms with Crippen LogP contribution in [0.4, 0.5) is 0 Å². The fourth-order valence-electron chi connectivity index (χ4n) is 3.95. The van der Waals surface area contributed by atoms with Gasteiger partial charge in [-0.25, -0.2) is 0 Å². The first kappa shape index (κ1) is 18.6. The first-order valence-corrected chi connectivity index (χ1v) is 9.28. The Hall–Kier alpha value is -2.21. The molecule has 0 N–H and O–H groups in total. The fourth-order valence-corrected chi connectivity index (χ4v) is 3.95. The second-order valence-electron chi connectivity index (χ2n) is 7.23. The molecule has 1 saturated carbocycles. The van der Waals surface area contributed by atoms with Crippen LogP contribution < -0.4 is 0 Å².